The van der Waals surface area contributed by atoms with E-state index in [2.05, 4.69) is 10.3 Å². The van der Waals surface area contributed by atoms with Gasteiger partial charge in [0, 0.05) is 18.9 Å². The minimum absolute atomic E-state index is 0.0839. The fraction of sp³-hybridized carbons (Fsp3) is 0.250. The van der Waals surface area contributed by atoms with Crippen LogP contribution in [0.5, 0.6) is 0 Å². The Kier molecular flexibility index (Phi) is 6.32. The van der Waals surface area contributed by atoms with Gasteiger partial charge in [-0.25, -0.2) is 8.42 Å². The monoisotopic (exact) mass is 421 g/mol. The summed E-state index contributed by atoms with van der Waals surface area (Å²) in [4.78, 5) is 16.0. The minimum atomic E-state index is -4.69. The van der Waals surface area contributed by atoms with Gasteiger partial charge in [-0.2, -0.15) is 13.2 Å². The molecule has 1 amide bonds. The maximum absolute atomic E-state index is 12.9. The first-order chi connectivity index (χ1) is 12.5. The molecule has 0 spiro atoms. The number of halogens is 4. The van der Waals surface area contributed by atoms with Gasteiger partial charge in [-0.05, 0) is 29.8 Å². The second-order valence-corrected chi connectivity index (χ2v) is 7.89. The smallest absolute Gasteiger partial charge is 0.350 e. The zero-order valence-electron chi connectivity index (χ0n) is 14.0. The quantitative estimate of drug-likeness (QED) is 0.777. The fourth-order valence-electron chi connectivity index (χ4n) is 2.15. The molecular weight excluding hydrogens is 407 g/mol. The van der Waals surface area contributed by atoms with Crippen LogP contribution >= 0.6 is 11.6 Å². The number of carbonyl (C=O) groups excluding carboxylic acids is 1. The van der Waals surface area contributed by atoms with Gasteiger partial charge in [0.25, 0.3) is 0 Å². The minimum Gasteiger partial charge on any atom is -0.350 e. The number of rotatable bonds is 6. The molecule has 0 fully saturated rings. The standard InChI is InChI=1S/C16H15ClF3N3O3S/c1-27(25,26)23(10-15(24)22-9-11-3-2-6-21-8-11)14-7-12(16(18,19)20)4-5-13(14)17/h2-8H,9-10H2,1H3,(H,22,24). The highest BCUT2D eigenvalue weighted by atomic mass is 35.5. The van der Waals surface area contributed by atoms with Crippen LogP contribution in [0.2, 0.25) is 5.02 Å². The lowest BCUT2D eigenvalue weighted by atomic mass is 10.2. The van der Waals surface area contributed by atoms with Crippen LogP contribution in [0.15, 0.2) is 42.7 Å². The number of anilines is 1. The second-order valence-electron chi connectivity index (χ2n) is 5.57. The predicted molar refractivity (Wildman–Crippen MR) is 94.7 cm³/mol. The largest absolute Gasteiger partial charge is 0.416 e. The SMILES string of the molecule is CS(=O)(=O)N(CC(=O)NCc1cccnc1)c1cc(C(F)(F)F)ccc1Cl. The number of hydrogen-bond acceptors (Lipinski definition) is 4. The maximum Gasteiger partial charge on any atom is 0.416 e. The van der Waals surface area contributed by atoms with Crippen molar-refractivity contribution in [2.45, 2.75) is 12.7 Å². The average Bonchev–Trinajstić information content (AvgIpc) is 2.57. The molecule has 1 aromatic carbocycles. The van der Waals surface area contributed by atoms with Gasteiger partial charge in [0.15, 0.2) is 0 Å². The van der Waals surface area contributed by atoms with Crippen molar-refractivity contribution in [2.75, 3.05) is 17.1 Å². The lowest BCUT2D eigenvalue weighted by Crippen LogP contribution is -2.40. The number of carbonyl (C=O) groups is 1. The number of hydrogen-bond donors (Lipinski definition) is 1. The number of pyridine rings is 1. The number of amides is 1. The van der Waals surface area contributed by atoms with E-state index in [1.165, 1.54) is 6.20 Å². The Hall–Kier alpha value is -2.33. The van der Waals surface area contributed by atoms with E-state index >= 15 is 0 Å². The summed E-state index contributed by atoms with van der Waals surface area (Å²) < 4.78 is 63.4. The first-order valence-corrected chi connectivity index (χ1v) is 9.71. The summed E-state index contributed by atoms with van der Waals surface area (Å²) in [5.74, 6) is -0.710. The Bertz CT molecular complexity index is 921. The molecule has 6 nitrogen and oxygen atoms in total. The highest BCUT2D eigenvalue weighted by Gasteiger charge is 2.33. The molecule has 0 aliphatic carbocycles. The lowest BCUT2D eigenvalue weighted by Gasteiger charge is -2.24. The number of aromatic nitrogens is 1. The first-order valence-electron chi connectivity index (χ1n) is 7.48. The highest BCUT2D eigenvalue weighted by molar-refractivity contribution is 7.92. The molecule has 0 bridgehead atoms. The van der Waals surface area contributed by atoms with Crippen molar-refractivity contribution in [1.82, 2.24) is 10.3 Å². The molecular formula is C16H15ClF3N3O3S. The highest BCUT2D eigenvalue weighted by Crippen LogP contribution is 2.36. The number of sulfonamides is 1. The molecule has 0 saturated heterocycles. The van der Waals surface area contributed by atoms with Crippen LogP contribution in [-0.4, -0.2) is 32.1 Å². The van der Waals surface area contributed by atoms with E-state index < -0.39 is 39.9 Å². The van der Waals surface area contributed by atoms with E-state index in [9.17, 15) is 26.4 Å². The van der Waals surface area contributed by atoms with Crippen molar-refractivity contribution in [3.05, 3.63) is 58.9 Å². The average molecular weight is 422 g/mol. The number of benzene rings is 1. The molecule has 0 saturated carbocycles. The summed E-state index contributed by atoms with van der Waals surface area (Å²) in [6.45, 7) is -0.638. The van der Waals surface area contributed by atoms with Crippen LogP contribution in [0, 0.1) is 0 Å². The van der Waals surface area contributed by atoms with E-state index in [0.717, 1.165) is 18.4 Å². The number of nitrogens with one attached hydrogen (secondary N) is 1. The van der Waals surface area contributed by atoms with Crippen LogP contribution in [0.4, 0.5) is 18.9 Å². The Balaban J connectivity index is 2.25. The zero-order valence-corrected chi connectivity index (χ0v) is 15.6. The number of nitrogens with zero attached hydrogens (tertiary/aromatic N) is 2. The lowest BCUT2D eigenvalue weighted by molar-refractivity contribution is -0.137. The molecule has 2 rings (SSSR count). The summed E-state index contributed by atoms with van der Waals surface area (Å²) in [7, 11) is -4.07. The maximum atomic E-state index is 12.9. The van der Waals surface area contributed by atoms with Crippen molar-refractivity contribution < 1.29 is 26.4 Å². The van der Waals surface area contributed by atoms with E-state index in [4.69, 9.17) is 11.6 Å². The van der Waals surface area contributed by atoms with Crippen molar-refractivity contribution in [1.29, 1.82) is 0 Å². The Morgan fingerprint density at radius 3 is 2.56 bits per heavy atom. The van der Waals surface area contributed by atoms with Gasteiger partial charge in [-0.3, -0.25) is 14.1 Å². The van der Waals surface area contributed by atoms with Crippen LogP contribution in [0.3, 0.4) is 0 Å². The molecule has 1 aromatic heterocycles. The van der Waals surface area contributed by atoms with Crippen LogP contribution in [0.25, 0.3) is 0 Å². The van der Waals surface area contributed by atoms with Gasteiger partial charge in [0.2, 0.25) is 15.9 Å². The Morgan fingerprint density at radius 1 is 1.30 bits per heavy atom. The molecule has 0 atom stereocenters. The summed E-state index contributed by atoms with van der Waals surface area (Å²) in [5, 5.41) is 2.26. The fourth-order valence-corrected chi connectivity index (χ4v) is 3.28. The molecule has 1 heterocycles. The zero-order chi connectivity index (χ0) is 20.2. The van der Waals surface area contributed by atoms with Crippen LogP contribution in [-0.2, 0) is 27.5 Å². The molecule has 0 unspecified atom stereocenters. The second kappa shape index (κ2) is 8.13. The summed E-state index contributed by atoms with van der Waals surface area (Å²) >= 11 is 5.89. The Morgan fingerprint density at radius 2 is 2.00 bits per heavy atom. The van der Waals surface area contributed by atoms with Gasteiger partial charge in [0.1, 0.15) is 6.54 Å². The Labute approximate surface area is 159 Å². The molecule has 1 N–H and O–H groups in total. The van der Waals surface area contributed by atoms with Crippen molar-refractivity contribution in [3.8, 4) is 0 Å². The van der Waals surface area contributed by atoms with E-state index in [-0.39, 0.29) is 11.6 Å². The molecule has 0 aliphatic heterocycles. The summed E-state index contributed by atoms with van der Waals surface area (Å²) in [6.07, 6.45) is -0.853. The van der Waals surface area contributed by atoms with Gasteiger partial charge in [0.05, 0.1) is 22.5 Å². The first kappa shape index (κ1) is 21.0. The van der Waals surface area contributed by atoms with E-state index in [1.54, 1.807) is 18.3 Å². The van der Waals surface area contributed by atoms with Crippen molar-refractivity contribution in [2.24, 2.45) is 0 Å². The third-order valence-electron chi connectivity index (χ3n) is 3.44. The van der Waals surface area contributed by atoms with Gasteiger partial charge >= 0.3 is 6.18 Å². The van der Waals surface area contributed by atoms with Gasteiger partial charge < -0.3 is 5.32 Å². The van der Waals surface area contributed by atoms with Crippen molar-refractivity contribution in [3.63, 3.8) is 0 Å². The molecule has 27 heavy (non-hydrogen) atoms. The normalized spacial score (nSPS) is 11.9. The molecule has 2 aromatic rings. The van der Waals surface area contributed by atoms with Gasteiger partial charge in [-0.15, -0.1) is 0 Å². The summed E-state index contributed by atoms with van der Waals surface area (Å²) in [5.41, 5.74) is -0.828. The predicted octanol–water partition coefficient (Wildman–Crippen LogP) is 2.84. The topological polar surface area (TPSA) is 79.4 Å². The molecule has 146 valence electrons. The van der Waals surface area contributed by atoms with Crippen molar-refractivity contribution >= 4 is 33.2 Å². The molecule has 11 heteroatoms. The van der Waals surface area contributed by atoms with Crippen LogP contribution in [0.1, 0.15) is 11.1 Å². The van der Waals surface area contributed by atoms with Gasteiger partial charge in [-0.1, -0.05) is 17.7 Å². The third kappa shape index (κ3) is 5.83. The van der Waals surface area contributed by atoms with Crippen LogP contribution < -0.4 is 9.62 Å². The molecule has 0 radical (unpaired) electrons. The molecule has 0 aliphatic rings. The summed E-state index contributed by atoms with van der Waals surface area (Å²) in [6, 6.07) is 5.62. The van der Waals surface area contributed by atoms with E-state index in [0.29, 0.717) is 15.9 Å². The number of alkyl halides is 3. The van der Waals surface area contributed by atoms with E-state index in [1.807, 2.05) is 0 Å². The third-order valence-corrected chi connectivity index (χ3v) is 4.89.